The zero-order chi connectivity index (χ0) is 24.2. The molecule has 4 aromatic rings. The Morgan fingerprint density at radius 2 is 1.74 bits per heavy atom. The topological polar surface area (TPSA) is 86.1 Å². The van der Waals surface area contributed by atoms with Crippen LogP contribution in [0.3, 0.4) is 0 Å². The van der Waals surface area contributed by atoms with Gasteiger partial charge in [0.1, 0.15) is 30.0 Å². The van der Waals surface area contributed by atoms with Gasteiger partial charge in [-0.2, -0.15) is 0 Å². The van der Waals surface area contributed by atoms with E-state index in [2.05, 4.69) is 9.88 Å². The highest BCUT2D eigenvalue weighted by atomic mass is 16.5. The molecule has 1 aliphatic heterocycles. The maximum absolute atomic E-state index is 11.8. The Labute approximate surface area is 202 Å². The second kappa shape index (κ2) is 9.80. The van der Waals surface area contributed by atoms with Crippen LogP contribution in [-0.4, -0.2) is 46.9 Å². The fraction of sp³-hybridized carbons (Fsp3) is 0.185. The molecule has 1 aliphatic rings. The van der Waals surface area contributed by atoms with Crippen LogP contribution in [-0.2, 0) is 6.61 Å². The van der Waals surface area contributed by atoms with Gasteiger partial charge in [-0.15, -0.1) is 0 Å². The third-order valence-corrected chi connectivity index (χ3v) is 5.85. The number of hydrogen-bond donors (Lipinski definition) is 1. The maximum atomic E-state index is 11.8. The van der Waals surface area contributed by atoms with Crippen molar-refractivity contribution in [3.05, 3.63) is 96.6 Å². The third-order valence-electron chi connectivity index (χ3n) is 5.85. The van der Waals surface area contributed by atoms with Gasteiger partial charge >= 0.3 is 5.97 Å². The SMILES string of the molecule is COc1cncc(OCc2ccc(OC3CN(c4cccc(C(=O)O)c4-n4cccc4)C3)cc2)c1. The molecule has 35 heavy (non-hydrogen) atoms. The second-order valence-corrected chi connectivity index (χ2v) is 8.21. The Morgan fingerprint density at radius 3 is 2.46 bits per heavy atom. The predicted molar refractivity (Wildman–Crippen MR) is 131 cm³/mol. The number of aromatic nitrogens is 2. The highest BCUT2D eigenvalue weighted by Gasteiger charge is 2.31. The van der Waals surface area contributed by atoms with Crippen molar-refractivity contribution in [1.29, 1.82) is 0 Å². The number of pyridine rings is 1. The molecule has 5 rings (SSSR count). The molecule has 0 unspecified atom stereocenters. The molecule has 178 valence electrons. The smallest absolute Gasteiger partial charge is 0.337 e. The van der Waals surface area contributed by atoms with E-state index in [1.807, 2.05) is 59.4 Å². The first kappa shape index (κ1) is 22.3. The molecule has 0 saturated carbocycles. The molecule has 2 aromatic carbocycles. The lowest BCUT2D eigenvalue weighted by molar-refractivity contribution is 0.0697. The number of aromatic carboxylic acids is 1. The molecule has 0 amide bonds. The van der Waals surface area contributed by atoms with Gasteiger partial charge in [0.2, 0.25) is 0 Å². The van der Waals surface area contributed by atoms with Gasteiger partial charge in [0.05, 0.1) is 49.5 Å². The van der Waals surface area contributed by atoms with E-state index in [1.165, 1.54) is 0 Å². The minimum Gasteiger partial charge on any atom is -0.495 e. The monoisotopic (exact) mass is 471 g/mol. The van der Waals surface area contributed by atoms with Crippen LogP contribution >= 0.6 is 0 Å². The molecule has 0 radical (unpaired) electrons. The lowest BCUT2D eigenvalue weighted by atomic mass is 10.1. The number of methoxy groups -OCH3 is 1. The minimum atomic E-state index is -0.949. The van der Waals surface area contributed by atoms with E-state index in [0.29, 0.717) is 36.9 Å². The van der Waals surface area contributed by atoms with Gasteiger partial charge in [-0.3, -0.25) is 4.98 Å². The average Bonchev–Trinajstić information content (AvgIpc) is 3.40. The summed E-state index contributed by atoms with van der Waals surface area (Å²) in [6.45, 7) is 1.75. The number of hydrogen-bond acceptors (Lipinski definition) is 6. The summed E-state index contributed by atoms with van der Waals surface area (Å²) in [4.78, 5) is 18.0. The lowest BCUT2D eigenvalue weighted by Gasteiger charge is -2.41. The van der Waals surface area contributed by atoms with Gasteiger partial charge in [-0.05, 0) is 42.0 Å². The van der Waals surface area contributed by atoms with Crippen molar-refractivity contribution in [3.63, 3.8) is 0 Å². The normalized spacial score (nSPS) is 13.2. The van der Waals surface area contributed by atoms with Gasteiger partial charge in [0, 0.05) is 18.5 Å². The summed E-state index contributed by atoms with van der Waals surface area (Å²) >= 11 is 0. The summed E-state index contributed by atoms with van der Waals surface area (Å²) in [6, 6.07) is 18.7. The van der Waals surface area contributed by atoms with Crippen molar-refractivity contribution in [2.45, 2.75) is 12.7 Å². The van der Waals surface area contributed by atoms with Crippen LogP contribution in [0.5, 0.6) is 17.2 Å². The summed E-state index contributed by atoms with van der Waals surface area (Å²) in [5.41, 5.74) is 2.82. The van der Waals surface area contributed by atoms with E-state index in [0.717, 1.165) is 17.0 Å². The summed E-state index contributed by atoms with van der Waals surface area (Å²) in [5, 5.41) is 9.68. The number of nitrogens with zero attached hydrogens (tertiary/aromatic N) is 3. The van der Waals surface area contributed by atoms with E-state index in [4.69, 9.17) is 14.2 Å². The van der Waals surface area contributed by atoms with Crippen molar-refractivity contribution in [1.82, 2.24) is 9.55 Å². The number of carbonyl (C=O) groups is 1. The van der Waals surface area contributed by atoms with E-state index in [-0.39, 0.29) is 11.7 Å². The number of rotatable bonds is 9. The van der Waals surface area contributed by atoms with Crippen molar-refractivity contribution in [2.24, 2.45) is 0 Å². The molecular formula is C27H25N3O5. The standard InChI is InChI=1S/C27H25N3O5/c1-33-21-13-22(15-28-14-21)34-18-19-7-9-20(10-8-19)35-23-16-30(17-23)25-6-4-5-24(27(31)32)26(25)29-11-2-3-12-29/h2-15,23H,16-18H2,1H3,(H,31,32). The Kier molecular flexibility index (Phi) is 6.26. The second-order valence-electron chi connectivity index (χ2n) is 8.21. The van der Waals surface area contributed by atoms with Crippen molar-refractivity contribution >= 4 is 11.7 Å². The number of carboxylic acids is 1. The summed E-state index contributed by atoms with van der Waals surface area (Å²) in [7, 11) is 1.59. The van der Waals surface area contributed by atoms with Crippen LogP contribution in [0.4, 0.5) is 5.69 Å². The largest absolute Gasteiger partial charge is 0.495 e. The first-order valence-corrected chi connectivity index (χ1v) is 11.2. The molecule has 1 saturated heterocycles. The Hall–Kier alpha value is -4.46. The first-order chi connectivity index (χ1) is 17.1. The van der Waals surface area contributed by atoms with Crippen LogP contribution in [0.25, 0.3) is 5.69 Å². The highest BCUT2D eigenvalue weighted by Crippen LogP contribution is 2.32. The fourth-order valence-corrected chi connectivity index (χ4v) is 4.04. The summed E-state index contributed by atoms with van der Waals surface area (Å²) < 4.78 is 18.9. The van der Waals surface area contributed by atoms with Crippen molar-refractivity contribution in [3.8, 4) is 22.9 Å². The number of ether oxygens (including phenoxy) is 3. The molecule has 0 atom stereocenters. The number of anilines is 1. The van der Waals surface area contributed by atoms with Gasteiger partial charge < -0.3 is 28.8 Å². The van der Waals surface area contributed by atoms with Crippen molar-refractivity contribution in [2.75, 3.05) is 25.1 Å². The molecule has 0 aliphatic carbocycles. The molecule has 1 fully saturated rings. The Bertz CT molecular complexity index is 1300. The Morgan fingerprint density at radius 1 is 1.00 bits per heavy atom. The zero-order valence-electron chi connectivity index (χ0n) is 19.2. The van der Waals surface area contributed by atoms with Crippen molar-refractivity contribution < 1.29 is 24.1 Å². The maximum Gasteiger partial charge on any atom is 0.337 e. The van der Waals surface area contributed by atoms with Crippen LogP contribution in [0.2, 0.25) is 0 Å². The van der Waals surface area contributed by atoms with Gasteiger partial charge in [0.15, 0.2) is 0 Å². The molecule has 3 heterocycles. The average molecular weight is 472 g/mol. The van der Waals surface area contributed by atoms with Crippen LogP contribution in [0, 0.1) is 0 Å². The number of para-hydroxylation sites is 1. The van der Waals surface area contributed by atoms with Crippen LogP contribution in [0.1, 0.15) is 15.9 Å². The zero-order valence-corrected chi connectivity index (χ0v) is 19.2. The van der Waals surface area contributed by atoms with E-state index >= 15 is 0 Å². The molecule has 8 heteroatoms. The minimum absolute atomic E-state index is 0.0194. The third kappa shape index (κ3) is 4.91. The van der Waals surface area contributed by atoms with Crippen LogP contribution in [0.15, 0.2) is 85.5 Å². The number of benzene rings is 2. The fourth-order valence-electron chi connectivity index (χ4n) is 4.04. The molecule has 2 aromatic heterocycles. The molecular weight excluding hydrogens is 446 g/mol. The predicted octanol–water partition coefficient (Wildman–Crippen LogP) is 4.43. The van der Waals surface area contributed by atoms with Crippen LogP contribution < -0.4 is 19.1 Å². The molecule has 1 N–H and O–H groups in total. The molecule has 0 bridgehead atoms. The highest BCUT2D eigenvalue weighted by molar-refractivity contribution is 5.95. The van der Waals surface area contributed by atoms with Gasteiger partial charge in [-0.1, -0.05) is 18.2 Å². The first-order valence-electron chi connectivity index (χ1n) is 11.2. The Balaban J connectivity index is 1.19. The molecule has 8 nitrogen and oxygen atoms in total. The van der Waals surface area contributed by atoms with E-state index in [9.17, 15) is 9.90 Å². The van der Waals surface area contributed by atoms with Gasteiger partial charge in [-0.25, -0.2) is 4.79 Å². The summed E-state index contributed by atoms with van der Waals surface area (Å²) in [5.74, 6) is 1.13. The van der Waals surface area contributed by atoms with Gasteiger partial charge in [0.25, 0.3) is 0 Å². The molecule has 0 spiro atoms. The lowest BCUT2D eigenvalue weighted by Crippen LogP contribution is -2.54. The van der Waals surface area contributed by atoms with E-state index < -0.39 is 5.97 Å². The van der Waals surface area contributed by atoms with E-state index in [1.54, 1.807) is 37.7 Å². The quantitative estimate of drug-likeness (QED) is 0.387. The number of carboxylic acid groups (broad SMARTS) is 1. The summed E-state index contributed by atoms with van der Waals surface area (Å²) in [6.07, 6.45) is 7.01.